The first-order valence-corrected chi connectivity index (χ1v) is 6.33. The van der Waals surface area contributed by atoms with Crippen molar-refractivity contribution in [1.82, 2.24) is 9.55 Å². The van der Waals surface area contributed by atoms with Crippen molar-refractivity contribution >= 4 is 22.9 Å². The van der Waals surface area contributed by atoms with Crippen LogP contribution in [0.1, 0.15) is 15.3 Å². The molecular formula is C11H10ClFN2O2S. The van der Waals surface area contributed by atoms with E-state index in [1.54, 1.807) is 0 Å². The number of nitrogens with one attached hydrogen (secondary N) is 1. The van der Waals surface area contributed by atoms with E-state index in [0.717, 1.165) is 19.9 Å². The van der Waals surface area contributed by atoms with Crippen LogP contribution in [0.4, 0.5) is 4.39 Å². The first kappa shape index (κ1) is 13.0. The summed E-state index contributed by atoms with van der Waals surface area (Å²) in [6.07, 6.45) is 0. The quantitative estimate of drug-likeness (QED) is 0.860. The van der Waals surface area contributed by atoms with Crippen molar-refractivity contribution in [2.75, 3.05) is 0 Å². The second kappa shape index (κ2) is 4.70. The Morgan fingerprint density at radius 2 is 2.11 bits per heavy atom. The molecule has 0 aliphatic carbocycles. The van der Waals surface area contributed by atoms with Crippen molar-refractivity contribution in [3.8, 4) is 0 Å². The molecule has 4 nitrogen and oxygen atoms in total. The van der Waals surface area contributed by atoms with Crippen molar-refractivity contribution in [3.05, 3.63) is 53.2 Å². The molecule has 0 fully saturated rings. The van der Waals surface area contributed by atoms with Crippen LogP contribution in [0, 0.1) is 19.7 Å². The van der Waals surface area contributed by atoms with Crippen LogP contribution in [0.15, 0.2) is 15.7 Å². The number of nitrogens with zero attached hydrogens (tertiary/aromatic N) is 1. The van der Waals surface area contributed by atoms with Crippen molar-refractivity contribution in [2.45, 2.75) is 20.4 Å². The van der Waals surface area contributed by atoms with Gasteiger partial charge in [-0.05, 0) is 25.5 Å². The van der Waals surface area contributed by atoms with Crippen molar-refractivity contribution in [1.29, 1.82) is 0 Å². The molecule has 1 N–H and O–H groups in total. The topological polar surface area (TPSA) is 54.9 Å². The average molecular weight is 289 g/mol. The standard InChI is InChI=1S/C11H10ClFN2O2S/c1-5-3-7(18-6(5)2)4-15-10(16)8(13)9(12)14-11(15)17/h3H,4H2,1-2H3,(H,14,17). The highest BCUT2D eigenvalue weighted by Gasteiger charge is 2.13. The van der Waals surface area contributed by atoms with E-state index in [1.807, 2.05) is 19.9 Å². The number of hydrogen-bond donors (Lipinski definition) is 1. The molecule has 0 saturated carbocycles. The number of rotatable bonds is 2. The number of aromatic nitrogens is 2. The van der Waals surface area contributed by atoms with Crippen LogP contribution in [0.2, 0.25) is 5.15 Å². The summed E-state index contributed by atoms with van der Waals surface area (Å²) < 4.78 is 14.1. The minimum Gasteiger partial charge on any atom is -0.295 e. The second-order valence-corrected chi connectivity index (χ2v) is 5.62. The SMILES string of the molecule is Cc1cc(Cn2c(=O)[nH]c(Cl)c(F)c2=O)sc1C. The Labute approximate surface area is 111 Å². The Kier molecular flexibility index (Phi) is 3.41. The van der Waals surface area contributed by atoms with E-state index < -0.39 is 22.2 Å². The molecule has 0 unspecified atom stereocenters. The number of thiophene rings is 1. The molecule has 2 aromatic rings. The van der Waals surface area contributed by atoms with Gasteiger partial charge < -0.3 is 0 Å². The largest absolute Gasteiger partial charge is 0.329 e. The fraction of sp³-hybridized carbons (Fsp3) is 0.273. The summed E-state index contributed by atoms with van der Waals surface area (Å²) in [6, 6.07) is 1.87. The zero-order valence-electron chi connectivity index (χ0n) is 9.71. The first-order valence-electron chi connectivity index (χ1n) is 5.14. The molecule has 0 aliphatic heterocycles. The van der Waals surface area contributed by atoms with Gasteiger partial charge in [0.25, 0.3) is 5.56 Å². The monoisotopic (exact) mass is 288 g/mol. The summed E-state index contributed by atoms with van der Waals surface area (Å²) in [5.74, 6) is -1.14. The predicted molar refractivity (Wildman–Crippen MR) is 69.2 cm³/mol. The normalized spacial score (nSPS) is 10.9. The molecule has 0 spiro atoms. The number of aryl methyl sites for hydroxylation is 2. The maximum atomic E-state index is 13.3. The number of aromatic amines is 1. The number of hydrogen-bond acceptors (Lipinski definition) is 3. The van der Waals surface area contributed by atoms with Crippen LogP contribution in [0.3, 0.4) is 0 Å². The summed E-state index contributed by atoms with van der Waals surface area (Å²) in [7, 11) is 0. The van der Waals surface area contributed by atoms with Gasteiger partial charge in [0.05, 0.1) is 6.54 Å². The predicted octanol–water partition coefficient (Wildman–Crippen LogP) is 2.06. The van der Waals surface area contributed by atoms with Crippen LogP contribution in [0.5, 0.6) is 0 Å². The molecular weight excluding hydrogens is 279 g/mol. The molecule has 96 valence electrons. The van der Waals surface area contributed by atoms with E-state index in [1.165, 1.54) is 11.3 Å². The number of H-pyrrole nitrogens is 1. The van der Waals surface area contributed by atoms with Gasteiger partial charge in [-0.25, -0.2) is 4.79 Å². The molecule has 2 heterocycles. The van der Waals surface area contributed by atoms with E-state index in [2.05, 4.69) is 4.98 Å². The molecule has 0 aromatic carbocycles. The molecule has 18 heavy (non-hydrogen) atoms. The Bertz CT molecular complexity index is 697. The molecule has 7 heteroatoms. The Hall–Kier alpha value is -1.40. The van der Waals surface area contributed by atoms with Gasteiger partial charge in [-0.2, -0.15) is 4.39 Å². The van der Waals surface area contributed by atoms with Crippen LogP contribution < -0.4 is 11.2 Å². The Morgan fingerprint density at radius 1 is 1.44 bits per heavy atom. The van der Waals surface area contributed by atoms with Crippen molar-refractivity contribution in [2.24, 2.45) is 0 Å². The smallest absolute Gasteiger partial charge is 0.295 e. The Morgan fingerprint density at radius 3 is 2.67 bits per heavy atom. The highest BCUT2D eigenvalue weighted by atomic mass is 35.5. The molecule has 0 radical (unpaired) electrons. The minimum atomic E-state index is -1.14. The molecule has 2 aromatic heterocycles. The summed E-state index contributed by atoms with van der Waals surface area (Å²) in [6.45, 7) is 3.92. The lowest BCUT2D eigenvalue weighted by Crippen LogP contribution is -2.37. The number of halogens is 2. The molecule has 0 atom stereocenters. The lowest BCUT2D eigenvalue weighted by molar-refractivity contribution is 0.559. The van der Waals surface area contributed by atoms with E-state index in [0.29, 0.717) is 0 Å². The van der Waals surface area contributed by atoms with Gasteiger partial charge in [0.15, 0.2) is 5.15 Å². The van der Waals surface area contributed by atoms with Gasteiger partial charge in [0.1, 0.15) is 0 Å². The fourth-order valence-corrected chi connectivity index (χ4v) is 2.75. The third kappa shape index (κ3) is 2.26. The lowest BCUT2D eigenvalue weighted by Gasteiger charge is -2.03. The summed E-state index contributed by atoms with van der Waals surface area (Å²) in [4.78, 5) is 27.2. The minimum absolute atomic E-state index is 0.0433. The van der Waals surface area contributed by atoms with E-state index in [4.69, 9.17) is 11.6 Å². The van der Waals surface area contributed by atoms with Gasteiger partial charge in [0.2, 0.25) is 5.82 Å². The van der Waals surface area contributed by atoms with Crippen LogP contribution in [-0.4, -0.2) is 9.55 Å². The van der Waals surface area contributed by atoms with Crippen LogP contribution >= 0.6 is 22.9 Å². The van der Waals surface area contributed by atoms with Gasteiger partial charge in [-0.1, -0.05) is 11.6 Å². The third-order valence-corrected chi connectivity index (χ3v) is 4.02. The Balaban J connectivity index is 2.50. The maximum Gasteiger partial charge on any atom is 0.329 e. The van der Waals surface area contributed by atoms with Crippen molar-refractivity contribution < 1.29 is 4.39 Å². The molecule has 0 bridgehead atoms. The molecule has 2 rings (SSSR count). The first-order chi connectivity index (χ1) is 8.40. The van der Waals surface area contributed by atoms with Crippen LogP contribution in [0.25, 0.3) is 0 Å². The van der Waals surface area contributed by atoms with Gasteiger partial charge >= 0.3 is 5.69 Å². The average Bonchev–Trinajstić information content (AvgIpc) is 2.61. The van der Waals surface area contributed by atoms with Gasteiger partial charge in [-0.15, -0.1) is 11.3 Å². The third-order valence-electron chi connectivity index (χ3n) is 2.62. The van der Waals surface area contributed by atoms with E-state index in [9.17, 15) is 14.0 Å². The highest BCUT2D eigenvalue weighted by Crippen LogP contribution is 2.20. The van der Waals surface area contributed by atoms with Gasteiger partial charge in [-0.3, -0.25) is 14.3 Å². The summed E-state index contributed by atoms with van der Waals surface area (Å²) >= 11 is 6.85. The molecule has 0 saturated heterocycles. The second-order valence-electron chi connectivity index (χ2n) is 3.90. The fourth-order valence-electron chi connectivity index (χ4n) is 1.55. The zero-order valence-corrected chi connectivity index (χ0v) is 11.3. The van der Waals surface area contributed by atoms with Crippen LogP contribution in [-0.2, 0) is 6.54 Å². The molecule has 0 amide bonds. The van der Waals surface area contributed by atoms with Crippen molar-refractivity contribution in [3.63, 3.8) is 0 Å². The van der Waals surface area contributed by atoms with E-state index >= 15 is 0 Å². The zero-order chi connectivity index (χ0) is 13.4. The summed E-state index contributed by atoms with van der Waals surface area (Å²) in [5.41, 5.74) is -0.642. The van der Waals surface area contributed by atoms with Gasteiger partial charge in [0, 0.05) is 9.75 Å². The van der Waals surface area contributed by atoms with E-state index in [-0.39, 0.29) is 6.54 Å². The lowest BCUT2D eigenvalue weighted by atomic mass is 10.3. The maximum absolute atomic E-state index is 13.3. The highest BCUT2D eigenvalue weighted by molar-refractivity contribution is 7.12. The molecule has 0 aliphatic rings. The summed E-state index contributed by atoms with van der Waals surface area (Å²) in [5, 5.41) is -0.556.